The van der Waals surface area contributed by atoms with E-state index in [4.69, 9.17) is 4.74 Å². The van der Waals surface area contributed by atoms with Crippen LogP contribution in [0.5, 0.6) is 5.75 Å². The molecule has 2 rings (SSSR count). The van der Waals surface area contributed by atoms with Crippen molar-refractivity contribution in [1.82, 2.24) is 0 Å². The van der Waals surface area contributed by atoms with Gasteiger partial charge in [0.25, 0.3) is 0 Å². The Hall–Kier alpha value is -1.47. The summed E-state index contributed by atoms with van der Waals surface area (Å²) in [6.07, 6.45) is 0. The number of hydrogen-bond acceptors (Lipinski definition) is 3. The molecule has 0 spiro atoms. The summed E-state index contributed by atoms with van der Waals surface area (Å²) in [7, 11) is 0. The van der Waals surface area contributed by atoms with Crippen molar-refractivity contribution < 1.29 is 14.1 Å². The molecule has 2 aromatic rings. The van der Waals surface area contributed by atoms with Crippen LogP contribution in [0.1, 0.15) is 11.1 Å². The zero-order valence-corrected chi connectivity index (χ0v) is 13.9. The van der Waals surface area contributed by atoms with Gasteiger partial charge in [-0.05, 0) is 29.8 Å². The second kappa shape index (κ2) is 7.00. The molecular weight excluding hydrogens is 409 g/mol. The molecule has 0 fully saturated rings. The zero-order chi connectivity index (χ0) is 15.4. The molecule has 0 aliphatic carbocycles. The van der Waals surface area contributed by atoms with Crippen LogP contribution in [0.3, 0.4) is 0 Å². The van der Waals surface area contributed by atoms with Crippen molar-refractivity contribution in [1.29, 1.82) is 0 Å². The molecule has 110 valence electrons. The quantitative estimate of drug-likeness (QED) is 0.391. The number of benzene rings is 2. The molecule has 0 bridgehead atoms. The van der Waals surface area contributed by atoms with Gasteiger partial charge in [0.05, 0.1) is 4.92 Å². The lowest BCUT2D eigenvalue weighted by atomic mass is 10.2. The summed E-state index contributed by atoms with van der Waals surface area (Å²) in [6, 6.07) is 9.13. The van der Waals surface area contributed by atoms with E-state index in [9.17, 15) is 14.5 Å². The Bertz CT molecular complexity index is 679. The number of nitro benzene ring substituents is 1. The van der Waals surface area contributed by atoms with Gasteiger partial charge in [0.1, 0.15) is 12.4 Å². The Labute approximate surface area is 137 Å². The van der Waals surface area contributed by atoms with Gasteiger partial charge >= 0.3 is 5.69 Å². The van der Waals surface area contributed by atoms with E-state index in [0.717, 1.165) is 5.56 Å². The molecule has 0 N–H and O–H groups in total. The van der Waals surface area contributed by atoms with Gasteiger partial charge in [0.15, 0.2) is 5.75 Å². The molecule has 0 saturated heterocycles. The first-order valence-corrected chi connectivity index (χ1v) is 7.82. The van der Waals surface area contributed by atoms with Crippen LogP contribution in [0, 0.1) is 15.9 Å². The Morgan fingerprint density at radius 3 is 2.67 bits per heavy atom. The van der Waals surface area contributed by atoms with Gasteiger partial charge in [-0.25, -0.2) is 4.39 Å². The molecule has 0 unspecified atom stereocenters. The van der Waals surface area contributed by atoms with Crippen LogP contribution in [-0.2, 0) is 11.9 Å². The van der Waals surface area contributed by atoms with Crippen LogP contribution in [0.2, 0.25) is 0 Å². The third kappa shape index (κ3) is 4.01. The highest BCUT2D eigenvalue weighted by Crippen LogP contribution is 2.30. The van der Waals surface area contributed by atoms with E-state index in [1.54, 1.807) is 18.2 Å². The summed E-state index contributed by atoms with van der Waals surface area (Å²) in [4.78, 5) is 10.5. The maximum absolute atomic E-state index is 13.6. The van der Waals surface area contributed by atoms with Crippen LogP contribution >= 0.6 is 31.9 Å². The highest BCUT2D eigenvalue weighted by Gasteiger charge is 2.16. The van der Waals surface area contributed by atoms with Crippen molar-refractivity contribution in [2.24, 2.45) is 0 Å². The molecule has 0 aliphatic rings. The Morgan fingerprint density at radius 2 is 2.00 bits per heavy atom. The second-order valence-electron chi connectivity index (χ2n) is 4.22. The van der Waals surface area contributed by atoms with E-state index in [0.29, 0.717) is 15.4 Å². The Morgan fingerprint density at radius 1 is 1.24 bits per heavy atom. The molecule has 0 aromatic heterocycles. The molecule has 0 aliphatic heterocycles. The van der Waals surface area contributed by atoms with Crippen molar-refractivity contribution >= 4 is 37.5 Å². The third-order valence-electron chi connectivity index (χ3n) is 2.77. The lowest BCUT2D eigenvalue weighted by Gasteiger charge is -2.09. The van der Waals surface area contributed by atoms with Crippen LogP contribution < -0.4 is 4.74 Å². The van der Waals surface area contributed by atoms with Crippen LogP contribution in [0.15, 0.2) is 40.9 Å². The summed E-state index contributed by atoms with van der Waals surface area (Å²) in [6.45, 7) is -0.0836. The topological polar surface area (TPSA) is 52.4 Å². The number of alkyl halides is 1. The summed E-state index contributed by atoms with van der Waals surface area (Å²) in [5.41, 5.74) is 0.952. The molecule has 0 radical (unpaired) electrons. The third-order valence-corrected chi connectivity index (χ3v) is 3.91. The maximum atomic E-state index is 13.6. The van der Waals surface area contributed by atoms with E-state index in [-0.39, 0.29) is 18.0 Å². The Kier molecular flexibility index (Phi) is 5.30. The van der Waals surface area contributed by atoms with Gasteiger partial charge in [-0.2, -0.15) is 0 Å². The first kappa shape index (κ1) is 15.9. The van der Waals surface area contributed by atoms with Crippen LogP contribution in [0.25, 0.3) is 0 Å². The number of nitrogens with zero attached hydrogens (tertiary/aromatic N) is 1. The average molecular weight is 419 g/mol. The zero-order valence-electron chi connectivity index (χ0n) is 10.7. The molecule has 0 saturated carbocycles. The second-order valence-corrected chi connectivity index (χ2v) is 5.69. The van der Waals surface area contributed by atoms with Gasteiger partial charge < -0.3 is 4.74 Å². The Balaban J connectivity index is 2.23. The van der Waals surface area contributed by atoms with Crippen molar-refractivity contribution in [2.45, 2.75) is 11.9 Å². The minimum absolute atomic E-state index is 0.0836. The molecule has 0 heterocycles. The van der Waals surface area contributed by atoms with Gasteiger partial charge in [-0.1, -0.05) is 37.9 Å². The predicted molar refractivity (Wildman–Crippen MR) is 84.2 cm³/mol. The van der Waals surface area contributed by atoms with Crippen molar-refractivity contribution in [3.63, 3.8) is 0 Å². The van der Waals surface area contributed by atoms with Crippen molar-refractivity contribution in [3.8, 4) is 5.75 Å². The normalized spacial score (nSPS) is 10.4. The van der Waals surface area contributed by atoms with Crippen molar-refractivity contribution in [3.05, 3.63) is 67.9 Å². The minimum atomic E-state index is -0.515. The number of halogens is 3. The minimum Gasteiger partial charge on any atom is -0.482 e. The fourth-order valence-corrected chi connectivity index (χ4v) is 2.48. The number of nitro groups is 1. The monoisotopic (exact) mass is 417 g/mol. The molecule has 4 nitrogen and oxygen atoms in total. The van der Waals surface area contributed by atoms with E-state index in [1.807, 2.05) is 0 Å². The largest absolute Gasteiger partial charge is 0.482 e. The van der Waals surface area contributed by atoms with E-state index < -0.39 is 10.7 Å². The first-order valence-electron chi connectivity index (χ1n) is 5.91. The summed E-state index contributed by atoms with van der Waals surface area (Å²) in [5, 5.41) is 11.6. The summed E-state index contributed by atoms with van der Waals surface area (Å²) in [5.74, 6) is -0.304. The molecule has 2 aromatic carbocycles. The summed E-state index contributed by atoms with van der Waals surface area (Å²) < 4.78 is 19.7. The molecular formula is C14H10Br2FNO3. The van der Waals surface area contributed by atoms with Crippen molar-refractivity contribution in [2.75, 3.05) is 0 Å². The highest BCUT2D eigenvalue weighted by molar-refractivity contribution is 9.10. The van der Waals surface area contributed by atoms with Crippen LogP contribution in [0.4, 0.5) is 10.1 Å². The molecule has 21 heavy (non-hydrogen) atoms. The lowest BCUT2D eigenvalue weighted by molar-refractivity contribution is -0.386. The molecule has 0 atom stereocenters. The van der Waals surface area contributed by atoms with Crippen LogP contribution in [-0.4, -0.2) is 4.92 Å². The van der Waals surface area contributed by atoms with Gasteiger partial charge in [-0.3, -0.25) is 10.1 Å². The van der Waals surface area contributed by atoms with E-state index in [1.165, 1.54) is 18.2 Å². The first-order chi connectivity index (χ1) is 10.0. The number of ether oxygens (including phenoxy) is 1. The molecule has 0 amide bonds. The van der Waals surface area contributed by atoms with E-state index >= 15 is 0 Å². The molecule has 7 heteroatoms. The maximum Gasteiger partial charge on any atom is 0.311 e. The highest BCUT2D eigenvalue weighted by atomic mass is 79.9. The smallest absolute Gasteiger partial charge is 0.311 e. The van der Waals surface area contributed by atoms with E-state index in [2.05, 4.69) is 31.9 Å². The SMILES string of the molecule is O=[N+]([O-])c1cc(CBr)ccc1OCc1cc(Br)ccc1F. The fourth-order valence-electron chi connectivity index (χ4n) is 1.72. The average Bonchev–Trinajstić information content (AvgIpc) is 2.48. The standard InChI is InChI=1S/C14H10Br2FNO3/c15-7-9-1-4-14(13(5-9)18(19)20)21-8-10-6-11(16)2-3-12(10)17/h1-6H,7-8H2. The van der Waals surface area contributed by atoms with Gasteiger partial charge in [-0.15, -0.1) is 0 Å². The van der Waals surface area contributed by atoms with Gasteiger partial charge in [0, 0.05) is 21.4 Å². The number of rotatable bonds is 5. The predicted octanol–water partition coefficient (Wildman–Crippen LogP) is 4.97. The number of hydrogen-bond donors (Lipinski definition) is 0. The lowest BCUT2D eigenvalue weighted by Crippen LogP contribution is -2.01. The summed E-state index contributed by atoms with van der Waals surface area (Å²) >= 11 is 6.48. The van der Waals surface area contributed by atoms with Gasteiger partial charge in [0.2, 0.25) is 0 Å². The fraction of sp³-hybridized carbons (Fsp3) is 0.143.